The Bertz CT molecular complexity index is 126. The van der Waals surface area contributed by atoms with Crippen molar-refractivity contribution in [2.75, 3.05) is 25.7 Å². The molecular weight excluding hydrogens is 139 g/mol. The van der Waals surface area contributed by atoms with E-state index in [2.05, 4.69) is 13.3 Å². The SMILES string of the molecule is C[P+]1(C)CC2CCCC2C1. The van der Waals surface area contributed by atoms with Gasteiger partial charge in [-0.15, -0.1) is 0 Å². The maximum Gasteiger partial charge on any atom is 0.0621 e. The summed E-state index contributed by atoms with van der Waals surface area (Å²) in [6.45, 7) is 5.09. The van der Waals surface area contributed by atoms with E-state index in [1.165, 1.54) is 18.3 Å². The molecule has 2 unspecified atom stereocenters. The summed E-state index contributed by atoms with van der Waals surface area (Å²) in [4.78, 5) is 0. The summed E-state index contributed by atoms with van der Waals surface area (Å²) >= 11 is 0. The molecule has 58 valence electrons. The molecule has 1 heterocycles. The van der Waals surface area contributed by atoms with Gasteiger partial charge in [0, 0.05) is 20.6 Å². The van der Waals surface area contributed by atoms with Crippen LogP contribution in [0.5, 0.6) is 0 Å². The quantitative estimate of drug-likeness (QED) is 0.474. The zero-order chi connectivity index (χ0) is 7.19. The van der Waals surface area contributed by atoms with E-state index in [1.807, 2.05) is 0 Å². The van der Waals surface area contributed by atoms with Crippen LogP contribution in [-0.2, 0) is 0 Å². The second-order valence-electron chi connectivity index (χ2n) is 4.75. The molecule has 1 aliphatic heterocycles. The minimum absolute atomic E-state index is 0.371. The second kappa shape index (κ2) is 2.21. The lowest BCUT2D eigenvalue weighted by molar-refractivity contribution is 0.494. The van der Waals surface area contributed by atoms with Crippen LogP contribution in [0.25, 0.3) is 0 Å². The average Bonchev–Trinajstić information content (AvgIpc) is 2.20. The molecule has 1 heteroatoms. The lowest BCUT2D eigenvalue weighted by atomic mass is 10.0. The molecule has 0 bridgehead atoms. The molecular formula is C9H18P+. The van der Waals surface area contributed by atoms with Gasteiger partial charge in [-0.05, 0) is 24.7 Å². The van der Waals surface area contributed by atoms with Crippen LogP contribution in [0.3, 0.4) is 0 Å². The highest BCUT2D eigenvalue weighted by Crippen LogP contribution is 2.64. The second-order valence-corrected chi connectivity index (χ2v) is 9.35. The van der Waals surface area contributed by atoms with Gasteiger partial charge in [-0.3, -0.25) is 0 Å². The van der Waals surface area contributed by atoms with Crippen LogP contribution in [0.4, 0.5) is 0 Å². The zero-order valence-electron chi connectivity index (χ0n) is 7.14. The minimum atomic E-state index is -0.371. The van der Waals surface area contributed by atoms with Crippen LogP contribution in [-0.4, -0.2) is 25.7 Å². The van der Waals surface area contributed by atoms with Crippen LogP contribution in [0.1, 0.15) is 19.3 Å². The van der Waals surface area contributed by atoms with Crippen molar-refractivity contribution in [3.8, 4) is 0 Å². The van der Waals surface area contributed by atoms with E-state index in [0.29, 0.717) is 0 Å². The van der Waals surface area contributed by atoms with Gasteiger partial charge in [-0.2, -0.15) is 0 Å². The third-order valence-corrected chi connectivity index (χ3v) is 6.19. The number of hydrogen-bond donors (Lipinski definition) is 0. The van der Waals surface area contributed by atoms with Gasteiger partial charge in [0.2, 0.25) is 0 Å². The fourth-order valence-electron chi connectivity index (χ4n) is 2.94. The van der Waals surface area contributed by atoms with E-state index < -0.39 is 0 Å². The first-order valence-electron chi connectivity index (χ1n) is 4.49. The van der Waals surface area contributed by atoms with Crippen molar-refractivity contribution < 1.29 is 0 Å². The molecule has 0 amide bonds. The molecule has 0 N–H and O–H groups in total. The Morgan fingerprint density at radius 1 is 1.00 bits per heavy atom. The molecule has 1 saturated carbocycles. The topological polar surface area (TPSA) is 0 Å². The Balaban J connectivity index is 2.07. The highest BCUT2D eigenvalue weighted by Gasteiger charge is 2.46. The van der Waals surface area contributed by atoms with Crippen molar-refractivity contribution in [1.82, 2.24) is 0 Å². The molecule has 2 aliphatic rings. The maximum atomic E-state index is 2.55. The van der Waals surface area contributed by atoms with Crippen molar-refractivity contribution in [2.24, 2.45) is 11.8 Å². The standard InChI is InChI=1S/C9H18P/c1-10(2)6-8-4-3-5-9(8)7-10/h8-9H,3-7H2,1-2H3/q+1. The first-order valence-corrected chi connectivity index (χ1v) is 7.55. The van der Waals surface area contributed by atoms with Crippen LogP contribution in [0, 0.1) is 11.8 Å². The van der Waals surface area contributed by atoms with Crippen molar-refractivity contribution in [3.63, 3.8) is 0 Å². The molecule has 2 rings (SSSR count). The summed E-state index contributed by atoms with van der Waals surface area (Å²) in [6, 6.07) is 0. The Labute approximate surface area is 64.7 Å². The molecule has 0 nitrogen and oxygen atoms in total. The van der Waals surface area contributed by atoms with Gasteiger partial charge in [-0.1, -0.05) is 6.42 Å². The van der Waals surface area contributed by atoms with E-state index >= 15 is 0 Å². The summed E-state index contributed by atoms with van der Waals surface area (Å²) in [6.07, 6.45) is 7.91. The fraction of sp³-hybridized carbons (Fsp3) is 1.00. The highest BCUT2D eigenvalue weighted by atomic mass is 31.2. The number of rotatable bonds is 0. The van der Waals surface area contributed by atoms with Crippen LogP contribution in [0.15, 0.2) is 0 Å². The van der Waals surface area contributed by atoms with Crippen molar-refractivity contribution in [1.29, 1.82) is 0 Å². The first-order chi connectivity index (χ1) is 4.67. The molecule has 2 fully saturated rings. The van der Waals surface area contributed by atoms with Gasteiger partial charge in [0.25, 0.3) is 0 Å². The Morgan fingerprint density at radius 3 is 2.00 bits per heavy atom. The van der Waals surface area contributed by atoms with Crippen molar-refractivity contribution >= 4 is 7.26 Å². The van der Waals surface area contributed by atoms with E-state index in [4.69, 9.17) is 0 Å². The van der Waals surface area contributed by atoms with Gasteiger partial charge in [0.05, 0.1) is 12.3 Å². The fourth-order valence-corrected chi connectivity index (χ4v) is 6.59. The largest absolute Gasteiger partial charge is 0.0621 e. The molecule has 1 aliphatic carbocycles. The smallest absolute Gasteiger partial charge is 0.0525 e. The van der Waals surface area contributed by atoms with E-state index in [9.17, 15) is 0 Å². The Morgan fingerprint density at radius 2 is 1.50 bits per heavy atom. The van der Waals surface area contributed by atoms with Gasteiger partial charge in [0.15, 0.2) is 0 Å². The van der Waals surface area contributed by atoms with Gasteiger partial charge in [-0.25, -0.2) is 0 Å². The highest BCUT2D eigenvalue weighted by molar-refractivity contribution is 7.74. The van der Waals surface area contributed by atoms with Crippen LogP contribution < -0.4 is 0 Å². The Hall–Kier alpha value is 0.430. The average molecular weight is 157 g/mol. The molecule has 0 spiro atoms. The lowest BCUT2D eigenvalue weighted by Crippen LogP contribution is -2.01. The summed E-state index contributed by atoms with van der Waals surface area (Å²) in [5.41, 5.74) is 0. The third-order valence-electron chi connectivity index (χ3n) is 3.27. The Kier molecular flexibility index (Phi) is 1.57. The van der Waals surface area contributed by atoms with Crippen LogP contribution >= 0.6 is 7.26 Å². The van der Waals surface area contributed by atoms with Crippen LogP contribution in [0.2, 0.25) is 0 Å². The molecule has 10 heavy (non-hydrogen) atoms. The first kappa shape index (κ1) is 7.10. The molecule has 0 aromatic heterocycles. The van der Waals surface area contributed by atoms with Crippen molar-refractivity contribution in [2.45, 2.75) is 19.3 Å². The maximum absolute atomic E-state index is 2.55. The predicted molar refractivity (Wildman–Crippen MR) is 49.3 cm³/mol. The summed E-state index contributed by atoms with van der Waals surface area (Å²) < 4.78 is 0. The lowest BCUT2D eigenvalue weighted by Gasteiger charge is -2.10. The third kappa shape index (κ3) is 1.11. The molecule has 0 radical (unpaired) electrons. The van der Waals surface area contributed by atoms with E-state index in [0.717, 1.165) is 0 Å². The van der Waals surface area contributed by atoms with Crippen molar-refractivity contribution in [3.05, 3.63) is 0 Å². The predicted octanol–water partition coefficient (Wildman–Crippen LogP) is 2.69. The number of hydrogen-bond acceptors (Lipinski definition) is 0. The van der Waals surface area contributed by atoms with E-state index in [1.54, 1.807) is 25.2 Å². The summed E-state index contributed by atoms with van der Waals surface area (Å²) in [5, 5.41) is 0. The molecule has 2 atom stereocenters. The molecule has 0 aromatic carbocycles. The monoisotopic (exact) mass is 157 g/mol. The molecule has 0 aromatic rings. The number of fused-ring (bicyclic) bond motifs is 1. The molecule has 1 saturated heterocycles. The summed E-state index contributed by atoms with van der Waals surface area (Å²) in [5.74, 6) is 2.34. The minimum Gasteiger partial charge on any atom is -0.0525 e. The normalized spacial score (nSPS) is 43.8. The van der Waals surface area contributed by atoms with E-state index in [-0.39, 0.29) is 7.26 Å². The summed E-state index contributed by atoms with van der Waals surface area (Å²) in [7, 11) is -0.371. The van der Waals surface area contributed by atoms with Gasteiger partial charge < -0.3 is 0 Å². The van der Waals surface area contributed by atoms with Gasteiger partial charge in [0.1, 0.15) is 0 Å². The zero-order valence-corrected chi connectivity index (χ0v) is 8.03. The van der Waals surface area contributed by atoms with Gasteiger partial charge >= 0.3 is 0 Å².